The molecule has 0 aliphatic heterocycles. The summed E-state index contributed by atoms with van der Waals surface area (Å²) in [5.41, 5.74) is 0. The number of hydrogen-bond acceptors (Lipinski definition) is 3. The molecule has 0 aromatic heterocycles. The highest BCUT2D eigenvalue weighted by Crippen LogP contribution is 2.53. The van der Waals surface area contributed by atoms with Crippen molar-refractivity contribution in [1.82, 2.24) is 4.72 Å². The third-order valence-corrected chi connectivity index (χ3v) is 7.07. The maximum absolute atomic E-state index is 12.1. The van der Waals surface area contributed by atoms with Gasteiger partial charge in [0.1, 0.15) is 0 Å². The minimum absolute atomic E-state index is 0.0281. The molecule has 4 aliphatic rings. The monoisotopic (exact) mass is 287 g/mol. The highest BCUT2D eigenvalue weighted by molar-refractivity contribution is 7.90. The van der Waals surface area contributed by atoms with E-state index in [0.29, 0.717) is 11.8 Å². The normalized spacial score (nSPS) is 42.3. The zero-order valence-electron chi connectivity index (χ0n) is 11.1. The van der Waals surface area contributed by atoms with Crippen molar-refractivity contribution in [2.45, 2.75) is 50.3 Å². The lowest BCUT2D eigenvalue weighted by molar-refractivity contribution is -0.136. The van der Waals surface area contributed by atoms with Crippen molar-refractivity contribution in [1.29, 1.82) is 0 Å². The number of aliphatic carboxylic acids is 1. The van der Waals surface area contributed by atoms with E-state index in [1.54, 1.807) is 0 Å². The van der Waals surface area contributed by atoms with Crippen LogP contribution in [0.2, 0.25) is 0 Å². The second-order valence-corrected chi connectivity index (χ2v) is 8.63. The first-order valence-corrected chi connectivity index (χ1v) is 8.65. The van der Waals surface area contributed by atoms with E-state index in [1.165, 1.54) is 13.3 Å². The molecule has 4 bridgehead atoms. The molecule has 0 amide bonds. The maximum Gasteiger partial charge on any atom is 0.323 e. The number of carboxylic acid groups (broad SMARTS) is 1. The molecule has 1 atom stereocenters. The summed E-state index contributed by atoms with van der Waals surface area (Å²) in [6, 6.07) is -0.0281. The first-order chi connectivity index (χ1) is 8.87. The third-order valence-electron chi connectivity index (χ3n) is 5.34. The van der Waals surface area contributed by atoms with Crippen LogP contribution in [-0.4, -0.2) is 30.8 Å². The number of rotatable bonds is 4. The topological polar surface area (TPSA) is 83.5 Å². The van der Waals surface area contributed by atoms with Gasteiger partial charge in [0, 0.05) is 6.04 Å². The predicted octanol–water partition coefficient (Wildman–Crippen LogP) is 1.20. The second-order valence-electron chi connectivity index (χ2n) is 6.60. The van der Waals surface area contributed by atoms with Gasteiger partial charge in [-0.15, -0.1) is 0 Å². The van der Waals surface area contributed by atoms with E-state index in [1.807, 2.05) is 0 Å². The SMILES string of the molecule is CC(C(=O)O)S(=O)(=O)NC1C2CC3CC(C2)CC1C3. The lowest BCUT2D eigenvalue weighted by Gasteiger charge is -2.54. The Kier molecular flexibility index (Phi) is 3.13. The van der Waals surface area contributed by atoms with Gasteiger partial charge in [0.15, 0.2) is 5.25 Å². The molecule has 0 saturated heterocycles. The molecule has 2 N–H and O–H groups in total. The fourth-order valence-electron chi connectivity index (χ4n) is 4.54. The van der Waals surface area contributed by atoms with Crippen molar-refractivity contribution in [3.63, 3.8) is 0 Å². The van der Waals surface area contributed by atoms with Crippen LogP contribution in [0.1, 0.15) is 39.0 Å². The third kappa shape index (κ3) is 2.29. The Morgan fingerprint density at radius 2 is 1.58 bits per heavy atom. The van der Waals surface area contributed by atoms with Crippen LogP contribution in [-0.2, 0) is 14.8 Å². The Balaban J connectivity index is 1.75. The summed E-state index contributed by atoms with van der Waals surface area (Å²) in [6.45, 7) is 1.24. The van der Waals surface area contributed by atoms with E-state index in [4.69, 9.17) is 5.11 Å². The predicted molar refractivity (Wildman–Crippen MR) is 70.0 cm³/mol. The zero-order chi connectivity index (χ0) is 13.8. The molecular weight excluding hydrogens is 266 g/mol. The Labute approximate surface area is 113 Å². The van der Waals surface area contributed by atoms with Gasteiger partial charge >= 0.3 is 5.97 Å². The van der Waals surface area contributed by atoms with Gasteiger partial charge < -0.3 is 5.11 Å². The highest BCUT2D eigenvalue weighted by Gasteiger charge is 2.49. The summed E-state index contributed by atoms with van der Waals surface area (Å²) in [5.74, 6) is 1.12. The molecule has 6 heteroatoms. The molecule has 108 valence electrons. The number of sulfonamides is 1. The summed E-state index contributed by atoms with van der Waals surface area (Å²) in [6.07, 6.45) is 5.77. The minimum atomic E-state index is -3.75. The van der Waals surface area contributed by atoms with Crippen LogP contribution in [0.3, 0.4) is 0 Å². The quantitative estimate of drug-likeness (QED) is 0.814. The average molecular weight is 287 g/mol. The fraction of sp³-hybridized carbons (Fsp3) is 0.923. The van der Waals surface area contributed by atoms with E-state index in [0.717, 1.165) is 37.5 Å². The van der Waals surface area contributed by atoms with Gasteiger partial charge in [-0.3, -0.25) is 4.79 Å². The molecule has 4 saturated carbocycles. The van der Waals surface area contributed by atoms with E-state index >= 15 is 0 Å². The van der Waals surface area contributed by atoms with E-state index in [-0.39, 0.29) is 6.04 Å². The minimum Gasteiger partial charge on any atom is -0.480 e. The van der Waals surface area contributed by atoms with Crippen LogP contribution >= 0.6 is 0 Å². The summed E-state index contributed by atoms with van der Waals surface area (Å²) in [7, 11) is -3.75. The number of carbonyl (C=O) groups is 1. The van der Waals surface area contributed by atoms with Crippen LogP contribution in [0.25, 0.3) is 0 Å². The molecule has 4 fully saturated rings. The van der Waals surface area contributed by atoms with Crippen molar-refractivity contribution in [2.75, 3.05) is 0 Å². The van der Waals surface area contributed by atoms with Crippen LogP contribution in [0, 0.1) is 23.7 Å². The number of carboxylic acids is 1. The first kappa shape index (κ1) is 13.4. The standard InChI is InChI=1S/C13H21NO4S/c1-7(13(15)16)19(17,18)14-12-10-3-8-2-9(5-10)6-11(12)4-8/h7-12,14H,2-6H2,1H3,(H,15,16). The van der Waals surface area contributed by atoms with Crippen molar-refractivity contribution >= 4 is 16.0 Å². The van der Waals surface area contributed by atoms with Crippen molar-refractivity contribution in [2.24, 2.45) is 23.7 Å². The van der Waals surface area contributed by atoms with Crippen LogP contribution in [0.4, 0.5) is 0 Å². The largest absolute Gasteiger partial charge is 0.480 e. The van der Waals surface area contributed by atoms with Crippen LogP contribution in [0.15, 0.2) is 0 Å². The van der Waals surface area contributed by atoms with Gasteiger partial charge in [-0.1, -0.05) is 0 Å². The van der Waals surface area contributed by atoms with E-state index in [9.17, 15) is 13.2 Å². The van der Waals surface area contributed by atoms with Gasteiger partial charge in [-0.2, -0.15) is 0 Å². The number of hydrogen-bond donors (Lipinski definition) is 2. The van der Waals surface area contributed by atoms with Crippen molar-refractivity contribution in [3.8, 4) is 0 Å². The Morgan fingerprint density at radius 3 is 2.00 bits per heavy atom. The van der Waals surface area contributed by atoms with Gasteiger partial charge in [0.25, 0.3) is 0 Å². The molecule has 0 aromatic carbocycles. The van der Waals surface area contributed by atoms with Gasteiger partial charge in [-0.25, -0.2) is 13.1 Å². The molecule has 0 radical (unpaired) electrons. The zero-order valence-corrected chi connectivity index (χ0v) is 11.9. The van der Waals surface area contributed by atoms with Gasteiger partial charge in [-0.05, 0) is 62.7 Å². The Bertz CT molecular complexity index is 459. The maximum atomic E-state index is 12.1. The molecule has 5 nitrogen and oxygen atoms in total. The van der Waals surface area contributed by atoms with E-state index in [2.05, 4.69) is 4.72 Å². The summed E-state index contributed by atoms with van der Waals surface area (Å²) >= 11 is 0. The molecular formula is C13H21NO4S. The lowest BCUT2D eigenvalue weighted by Crippen LogP contribution is -2.57. The Hall–Kier alpha value is -0.620. The smallest absolute Gasteiger partial charge is 0.323 e. The average Bonchev–Trinajstić information content (AvgIpc) is 2.31. The van der Waals surface area contributed by atoms with Gasteiger partial charge in [0.2, 0.25) is 10.0 Å². The van der Waals surface area contributed by atoms with Crippen molar-refractivity contribution in [3.05, 3.63) is 0 Å². The Morgan fingerprint density at radius 1 is 1.11 bits per heavy atom. The lowest BCUT2D eigenvalue weighted by atomic mass is 9.54. The molecule has 4 rings (SSSR count). The van der Waals surface area contributed by atoms with E-state index < -0.39 is 21.2 Å². The first-order valence-electron chi connectivity index (χ1n) is 7.10. The second kappa shape index (κ2) is 4.45. The molecule has 1 unspecified atom stereocenters. The fourth-order valence-corrected chi connectivity index (χ4v) is 5.78. The van der Waals surface area contributed by atoms with Crippen LogP contribution in [0.5, 0.6) is 0 Å². The van der Waals surface area contributed by atoms with Gasteiger partial charge in [0.05, 0.1) is 0 Å². The molecule has 0 aromatic rings. The summed E-state index contributed by atoms with van der Waals surface area (Å²) in [4.78, 5) is 10.9. The highest BCUT2D eigenvalue weighted by atomic mass is 32.2. The summed E-state index contributed by atoms with van der Waals surface area (Å²) < 4.78 is 26.9. The molecule has 0 heterocycles. The number of nitrogens with one attached hydrogen (secondary N) is 1. The van der Waals surface area contributed by atoms with Crippen LogP contribution < -0.4 is 4.72 Å². The molecule has 4 aliphatic carbocycles. The molecule has 0 spiro atoms. The molecule has 19 heavy (non-hydrogen) atoms. The van der Waals surface area contributed by atoms with Crippen molar-refractivity contribution < 1.29 is 18.3 Å². The summed E-state index contributed by atoms with van der Waals surface area (Å²) in [5, 5.41) is 7.51.